The number of hydrogen-bond donors (Lipinski definition) is 3. The van der Waals surface area contributed by atoms with Crippen molar-refractivity contribution in [2.24, 2.45) is 17.6 Å². The van der Waals surface area contributed by atoms with Gasteiger partial charge in [0.05, 0.1) is 5.60 Å². The summed E-state index contributed by atoms with van der Waals surface area (Å²) < 4.78 is 0. The van der Waals surface area contributed by atoms with E-state index in [0.29, 0.717) is 19.4 Å². The molecule has 0 aromatic heterocycles. The molecule has 2 rings (SSSR count). The average Bonchev–Trinajstić information content (AvgIpc) is 2.33. The van der Waals surface area contributed by atoms with E-state index in [-0.39, 0.29) is 11.8 Å². The van der Waals surface area contributed by atoms with Crippen molar-refractivity contribution >= 4 is 5.91 Å². The molecule has 0 unspecified atom stereocenters. The summed E-state index contributed by atoms with van der Waals surface area (Å²) in [7, 11) is 0. The van der Waals surface area contributed by atoms with E-state index in [2.05, 4.69) is 5.32 Å². The highest BCUT2D eigenvalue weighted by atomic mass is 16.3. The smallest absolute Gasteiger partial charge is 0.223 e. The van der Waals surface area contributed by atoms with Crippen LogP contribution in [0.5, 0.6) is 0 Å². The first-order valence-corrected chi connectivity index (χ1v) is 7.33. The predicted octanol–water partition coefficient (Wildman–Crippen LogP) is 1.17. The topological polar surface area (TPSA) is 75.3 Å². The Hall–Kier alpha value is -0.610. The second kappa shape index (κ2) is 6.02. The van der Waals surface area contributed by atoms with Gasteiger partial charge in [0.1, 0.15) is 0 Å². The zero-order valence-electron chi connectivity index (χ0n) is 11.2. The standard InChI is InChI=1S/C14H26N2O2/c15-10-14(18)7-4-12(5-8-14)13(17)16-9-6-11-2-1-3-11/h11-12,18H,1-10,15H2,(H,16,17). The lowest BCUT2D eigenvalue weighted by molar-refractivity contribution is -0.127. The van der Waals surface area contributed by atoms with Crippen molar-refractivity contribution in [1.82, 2.24) is 5.32 Å². The van der Waals surface area contributed by atoms with Crippen LogP contribution in [0.1, 0.15) is 51.4 Å². The van der Waals surface area contributed by atoms with Gasteiger partial charge in [-0.15, -0.1) is 0 Å². The van der Waals surface area contributed by atoms with Crippen LogP contribution in [0, 0.1) is 11.8 Å². The Balaban J connectivity index is 1.64. The summed E-state index contributed by atoms with van der Waals surface area (Å²) in [6.07, 6.45) is 8.01. The molecule has 0 aliphatic heterocycles. The van der Waals surface area contributed by atoms with Crippen LogP contribution in [0.2, 0.25) is 0 Å². The lowest BCUT2D eigenvalue weighted by Crippen LogP contribution is -2.44. The Morgan fingerprint density at radius 2 is 1.94 bits per heavy atom. The summed E-state index contributed by atoms with van der Waals surface area (Å²) in [6.45, 7) is 1.13. The molecule has 4 nitrogen and oxygen atoms in total. The van der Waals surface area contributed by atoms with Crippen LogP contribution in [-0.2, 0) is 4.79 Å². The number of aliphatic hydroxyl groups is 1. The summed E-state index contributed by atoms with van der Waals surface area (Å²) >= 11 is 0. The number of nitrogens with one attached hydrogen (secondary N) is 1. The molecule has 18 heavy (non-hydrogen) atoms. The molecule has 104 valence electrons. The number of amides is 1. The number of nitrogens with two attached hydrogens (primary N) is 1. The van der Waals surface area contributed by atoms with Crippen LogP contribution in [0.15, 0.2) is 0 Å². The van der Waals surface area contributed by atoms with E-state index < -0.39 is 5.60 Å². The molecular formula is C14H26N2O2. The normalized spacial score (nSPS) is 32.9. The molecule has 4 heteroatoms. The van der Waals surface area contributed by atoms with Gasteiger partial charge in [-0.25, -0.2) is 0 Å². The second-order valence-corrected chi connectivity index (χ2v) is 6.08. The summed E-state index contributed by atoms with van der Waals surface area (Å²) in [6, 6.07) is 0. The first-order valence-electron chi connectivity index (χ1n) is 7.33. The van der Waals surface area contributed by atoms with Crippen molar-refractivity contribution in [3.8, 4) is 0 Å². The quantitative estimate of drug-likeness (QED) is 0.689. The van der Waals surface area contributed by atoms with E-state index in [1.807, 2.05) is 0 Å². The largest absolute Gasteiger partial charge is 0.389 e. The van der Waals surface area contributed by atoms with Gasteiger partial charge in [-0.3, -0.25) is 4.79 Å². The first kappa shape index (κ1) is 13.8. The van der Waals surface area contributed by atoms with Crippen LogP contribution >= 0.6 is 0 Å². The first-order chi connectivity index (χ1) is 8.63. The van der Waals surface area contributed by atoms with Gasteiger partial charge in [0.2, 0.25) is 5.91 Å². The minimum atomic E-state index is -0.720. The minimum Gasteiger partial charge on any atom is -0.389 e. The Labute approximate surface area is 109 Å². The fourth-order valence-corrected chi connectivity index (χ4v) is 2.95. The van der Waals surface area contributed by atoms with Crippen LogP contribution in [0.4, 0.5) is 0 Å². The third-order valence-corrected chi connectivity index (χ3v) is 4.74. The lowest BCUT2D eigenvalue weighted by atomic mass is 9.78. The van der Waals surface area contributed by atoms with Crippen molar-refractivity contribution < 1.29 is 9.90 Å². The van der Waals surface area contributed by atoms with Crippen LogP contribution in [-0.4, -0.2) is 29.7 Å². The Morgan fingerprint density at radius 1 is 1.28 bits per heavy atom. The van der Waals surface area contributed by atoms with Crippen molar-refractivity contribution in [3.63, 3.8) is 0 Å². The highest BCUT2D eigenvalue weighted by molar-refractivity contribution is 5.78. The van der Waals surface area contributed by atoms with Gasteiger partial charge in [0, 0.05) is 19.0 Å². The molecule has 0 spiro atoms. The van der Waals surface area contributed by atoms with E-state index in [0.717, 1.165) is 31.7 Å². The zero-order chi connectivity index (χ0) is 13.0. The predicted molar refractivity (Wildman–Crippen MR) is 70.9 cm³/mol. The van der Waals surface area contributed by atoms with Gasteiger partial charge < -0.3 is 16.2 Å². The Bertz CT molecular complexity index is 282. The molecule has 0 bridgehead atoms. The third-order valence-electron chi connectivity index (χ3n) is 4.74. The van der Waals surface area contributed by atoms with Gasteiger partial charge >= 0.3 is 0 Å². The van der Waals surface area contributed by atoms with Crippen LogP contribution in [0.3, 0.4) is 0 Å². The minimum absolute atomic E-state index is 0.0817. The van der Waals surface area contributed by atoms with E-state index in [9.17, 15) is 9.90 Å². The fourth-order valence-electron chi connectivity index (χ4n) is 2.95. The molecule has 4 N–H and O–H groups in total. The van der Waals surface area contributed by atoms with Gasteiger partial charge in [-0.05, 0) is 38.0 Å². The maximum atomic E-state index is 12.0. The molecule has 0 heterocycles. The van der Waals surface area contributed by atoms with E-state index in [1.165, 1.54) is 19.3 Å². The number of carbonyl (C=O) groups is 1. The zero-order valence-corrected chi connectivity index (χ0v) is 11.2. The molecule has 2 saturated carbocycles. The molecule has 2 aliphatic rings. The van der Waals surface area contributed by atoms with Crippen molar-refractivity contribution in [1.29, 1.82) is 0 Å². The second-order valence-electron chi connectivity index (χ2n) is 6.08. The maximum Gasteiger partial charge on any atom is 0.223 e. The van der Waals surface area contributed by atoms with Gasteiger partial charge in [0.15, 0.2) is 0 Å². The Morgan fingerprint density at radius 3 is 2.44 bits per heavy atom. The SMILES string of the molecule is NCC1(O)CCC(C(=O)NCCC2CCC2)CC1. The number of rotatable bonds is 5. The molecule has 0 aromatic carbocycles. The van der Waals surface area contributed by atoms with E-state index in [1.54, 1.807) is 0 Å². The van der Waals surface area contributed by atoms with Crippen LogP contribution in [0.25, 0.3) is 0 Å². The molecular weight excluding hydrogens is 228 g/mol. The van der Waals surface area contributed by atoms with Crippen molar-refractivity contribution in [3.05, 3.63) is 0 Å². The maximum absolute atomic E-state index is 12.0. The molecule has 0 radical (unpaired) electrons. The van der Waals surface area contributed by atoms with Gasteiger partial charge in [0.25, 0.3) is 0 Å². The lowest BCUT2D eigenvalue weighted by Gasteiger charge is -2.34. The van der Waals surface area contributed by atoms with Gasteiger partial charge in [-0.1, -0.05) is 19.3 Å². The van der Waals surface area contributed by atoms with Crippen molar-refractivity contribution in [2.75, 3.05) is 13.1 Å². The number of carbonyl (C=O) groups excluding carboxylic acids is 1. The van der Waals surface area contributed by atoms with Crippen molar-refractivity contribution in [2.45, 2.75) is 57.0 Å². The summed E-state index contributed by atoms with van der Waals surface area (Å²) in [5, 5.41) is 13.1. The summed E-state index contributed by atoms with van der Waals surface area (Å²) in [4.78, 5) is 12.0. The molecule has 0 saturated heterocycles. The van der Waals surface area contributed by atoms with E-state index in [4.69, 9.17) is 5.73 Å². The third kappa shape index (κ3) is 3.45. The molecule has 1 amide bonds. The molecule has 2 aliphatic carbocycles. The van der Waals surface area contributed by atoms with Crippen LogP contribution < -0.4 is 11.1 Å². The average molecular weight is 254 g/mol. The highest BCUT2D eigenvalue weighted by Crippen LogP contribution is 2.32. The van der Waals surface area contributed by atoms with E-state index >= 15 is 0 Å². The monoisotopic (exact) mass is 254 g/mol. The van der Waals surface area contributed by atoms with Gasteiger partial charge in [-0.2, -0.15) is 0 Å². The molecule has 2 fully saturated rings. The summed E-state index contributed by atoms with van der Waals surface area (Å²) in [5.41, 5.74) is 4.82. The highest BCUT2D eigenvalue weighted by Gasteiger charge is 2.34. The fraction of sp³-hybridized carbons (Fsp3) is 0.929. The molecule has 0 aromatic rings. The molecule has 0 atom stereocenters. The Kier molecular flexibility index (Phi) is 4.62. The summed E-state index contributed by atoms with van der Waals surface area (Å²) in [5.74, 6) is 1.10. The number of hydrogen-bond acceptors (Lipinski definition) is 3.